The highest BCUT2D eigenvalue weighted by molar-refractivity contribution is 5.82. The Kier molecular flexibility index (Phi) is 16.5. The van der Waals surface area contributed by atoms with Crippen molar-refractivity contribution in [3.8, 4) is 0 Å². The standard InChI is InChI=1S/C9H18O.C6H8O2/c1-3-4-5-6-7-8-9(2)10;1-3-5-6(7)8-4-2/h3-8H2,1-2H3;3-5H,2H2,1H3/b;5-3+. The van der Waals surface area contributed by atoms with Gasteiger partial charge in [0.25, 0.3) is 0 Å². The van der Waals surface area contributed by atoms with Crippen molar-refractivity contribution in [3.63, 3.8) is 0 Å². The van der Waals surface area contributed by atoms with Crippen LogP contribution in [0.2, 0.25) is 0 Å². The maximum atomic E-state index is 10.5. The molecule has 0 aromatic heterocycles. The summed E-state index contributed by atoms with van der Waals surface area (Å²) in [7, 11) is 0. The van der Waals surface area contributed by atoms with Crippen LogP contribution in [0, 0.1) is 0 Å². The van der Waals surface area contributed by atoms with Gasteiger partial charge in [-0.3, -0.25) is 0 Å². The minimum Gasteiger partial charge on any atom is -0.432 e. The van der Waals surface area contributed by atoms with Gasteiger partial charge < -0.3 is 9.53 Å². The molecule has 0 aliphatic heterocycles. The SMILES string of the molecule is C=COC(=O)/C=C/C.CCCCCCCC(C)=O. The average Bonchev–Trinajstić information content (AvgIpc) is 2.30. The summed E-state index contributed by atoms with van der Waals surface area (Å²) < 4.78 is 4.32. The Labute approximate surface area is 111 Å². The van der Waals surface area contributed by atoms with Gasteiger partial charge in [-0.15, -0.1) is 0 Å². The lowest BCUT2D eigenvalue weighted by atomic mass is 10.1. The molecule has 3 heteroatoms. The summed E-state index contributed by atoms with van der Waals surface area (Å²) in [6, 6.07) is 0. The van der Waals surface area contributed by atoms with Crippen LogP contribution in [0.4, 0.5) is 0 Å². The van der Waals surface area contributed by atoms with Crippen molar-refractivity contribution >= 4 is 11.8 Å². The van der Waals surface area contributed by atoms with E-state index in [0.29, 0.717) is 5.78 Å². The second kappa shape index (κ2) is 15.6. The van der Waals surface area contributed by atoms with Crippen molar-refractivity contribution in [3.05, 3.63) is 25.0 Å². The number of unbranched alkanes of at least 4 members (excludes halogenated alkanes) is 4. The molecule has 18 heavy (non-hydrogen) atoms. The van der Waals surface area contributed by atoms with Crippen LogP contribution in [0.3, 0.4) is 0 Å². The maximum absolute atomic E-state index is 10.5. The first-order valence-electron chi connectivity index (χ1n) is 6.52. The summed E-state index contributed by atoms with van der Waals surface area (Å²) >= 11 is 0. The molecule has 0 aromatic carbocycles. The molecule has 0 amide bonds. The van der Waals surface area contributed by atoms with Crippen LogP contribution in [0.5, 0.6) is 0 Å². The summed E-state index contributed by atoms with van der Waals surface area (Å²) in [5.41, 5.74) is 0. The van der Waals surface area contributed by atoms with E-state index in [1.807, 2.05) is 0 Å². The van der Waals surface area contributed by atoms with Crippen molar-refractivity contribution < 1.29 is 14.3 Å². The molecule has 0 unspecified atom stereocenters. The monoisotopic (exact) mass is 254 g/mol. The molecule has 0 spiro atoms. The lowest BCUT2D eigenvalue weighted by Crippen LogP contribution is -1.91. The van der Waals surface area contributed by atoms with Gasteiger partial charge in [-0.25, -0.2) is 4.79 Å². The minimum absolute atomic E-state index is 0.330. The van der Waals surface area contributed by atoms with Gasteiger partial charge in [0.2, 0.25) is 0 Å². The molecular formula is C15H26O3. The molecule has 0 rings (SSSR count). The van der Waals surface area contributed by atoms with E-state index in [0.717, 1.165) is 19.1 Å². The van der Waals surface area contributed by atoms with Crippen LogP contribution in [0.25, 0.3) is 0 Å². The summed E-state index contributed by atoms with van der Waals surface area (Å²) in [5, 5.41) is 0. The highest BCUT2D eigenvalue weighted by Gasteiger charge is 1.92. The molecule has 0 atom stereocenters. The third kappa shape index (κ3) is 20.1. The van der Waals surface area contributed by atoms with Crippen molar-refractivity contribution in [1.29, 1.82) is 0 Å². The summed E-state index contributed by atoms with van der Waals surface area (Å²) in [6.45, 7) is 8.81. The number of ketones is 1. The van der Waals surface area contributed by atoms with E-state index < -0.39 is 0 Å². The number of ether oxygens (including phenoxy) is 1. The Hall–Kier alpha value is -1.38. The van der Waals surface area contributed by atoms with Crippen LogP contribution < -0.4 is 0 Å². The fourth-order valence-electron chi connectivity index (χ4n) is 1.23. The Bertz CT molecular complexity index is 254. The van der Waals surface area contributed by atoms with Gasteiger partial charge in [-0.2, -0.15) is 0 Å². The van der Waals surface area contributed by atoms with Crippen LogP contribution in [-0.4, -0.2) is 11.8 Å². The summed E-state index contributed by atoms with van der Waals surface area (Å²) in [4.78, 5) is 20.7. The van der Waals surface area contributed by atoms with Gasteiger partial charge in [-0.05, 0) is 20.3 Å². The van der Waals surface area contributed by atoms with Crippen molar-refractivity contribution in [2.45, 2.75) is 59.3 Å². The van der Waals surface area contributed by atoms with E-state index in [2.05, 4.69) is 18.2 Å². The molecule has 0 bridgehead atoms. The second-order valence-electron chi connectivity index (χ2n) is 3.97. The zero-order chi connectivity index (χ0) is 14.2. The fourth-order valence-corrected chi connectivity index (χ4v) is 1.23. The van der Waals surface area contributed by atoms with Crippen molar-refractivity contribution in [2.24, 2.45) is 0 Å². The summed E-state index contributed by atoms with van der Waals surface area (Å²) in [6.07, 6.45) is 11.0. The molecule has 0 radical (unpaired) electrons. The van der Waals surface area contributed by atoms with E-state index in [4.69, 9.17) is 0 Å². The molecular weight excluding hydrogens is 228 g/mol. The predicted molar refractivity (Wildman–Crippen MR) is 75.2 cm³/mol. The molecule has 0 saturated carbocycles. The Balaban J connectivity index is 0. The zero-order valence-corrected chi connectivity index (χ0v) is 11.9. The summed E-state index contributed by atoms with van der Waals surface area (Å²) in [5.74, 6) is -0.0565. The van der Waals surface area contributed by atoms with E-state index in [1.165, 1.54) is 31.8 Å². The topological polar surface area (TPSA) is 43.4 Å². The van der Waals surface area contributed by atoms with Crippen LogP contribution >= 0.6 is 0 Å². The number of carbonyl (C=O) groups excluding carboxylic acids is 2. The van der Waals surface area contributed by atoms with Gasteiger partial charge >= 0.3 is 5.97 Å². The van der Waals surface area contributed by atoms with Crippen LogP contribution in [-0.2, 0) is 14.3 Å². The number of hydrogen-bond acceptors (Lipinski definition) is 3. The maximum Gasteiger partial charge on any atom is 0.335 e. The lowest BCUT2D eigenvalue weighted by Gasteiger charge is -1.95. The Morgan fingerprint density at radius 3 is 2.22 bits per heavy atom. The first-order valence-corrected chi connectivity index (χ1v) is 6.52. The van der Waals surface area contributed by atoms with E-state index >= 15 is 0 Å². The normalized spacial score (nSPS) is 9.50. The third-order valence-corrected chi connectivity index (χ3v) is 2.13. The number of carbonyl (C=O) groups is 2. The average molecular weight is 254 g/mol. The number of esters is 1. The molecule has 0 aliphatic carbocycles. The first-order chi connectivity index (χ1) is 8.58. The molecule has 0 heterocycles. The van der Waals surface area contributed by atoms with E-state index in [-0.39, 0.29) is 5.97 Å². The fraction of sp³-hybridized carbons (Fsp3) is 0.600. The van der Waals surface area contributed by atoms with Gasteiger partial charge in [0, 0.05) is 12.5 Å². The predicted octanol–water partition coefficient (Wildman–Crippen LogP) is 4.19. The number of hydrogen-bond donors (Lipinski definition) is 0. The molecule has 0 N–H and O–H groups in total. The van der Waals surface area contributed by atoms with Crippen LogP contribution in [0.15, 0.2) is 25.0 Å². The van der Waals surface area contributed by atoms with Crippen molar-refractivity contribution in [2.75, 3.05) is 0 Å². The molecule has 104 valence electrons. The minimum atomic E-state index is -0.387. The van der Waals surface area contributed by atoms with Crippen molar-refractivity contribution in [1.82, 2.24) is 0 Å². The lowest BCUT2D eigenvalue weighted by molar-refractivity contribution is -0.132. The zero-order valence-electron chi connectivity index (χ0n) is 11.9. The smallest absolute Gasteiger partial charge is 0.335 e. The molecule has 0 saturated heterocycles. The molecule has 0 fully saturated rings. The number of Topliss-reactive ketones (excluding diaryl/α,β-unsaturated/α-hetero) is 1. The second-order valence-corrected chi connectivity index (χ2v) is 3.97. The number of allylic oxidation sites excluding steroid dienone is 1. The van der Waals surface area contributed by atoms with E-state index in [9.17, 15) is 9.59 Å². The highest BCUT2D eigenvalue weighted by atomic mass is 16.5. The Morgan fingerprint density at radius 1 is 1.17 bits per heavy atom. The number of rotatable bonds is 8. The van der Waals surface area contributed by atoms with Gasteiger partial charge in [-0.1, -0.05) is 45.3 Å². The third-order valence-electron chi connectivity index (χ3n) is 2.13. The molecule has 3 nitrogen and oxygen atoms in total. The van der Waals surface area contributed by atoms with Gasteiger partial charge in [0.15, 0.2) is 0 Å². The van der Waals surface area contributed by atoms with Crippen LogP contribution in [0.1, 0.15) is 59.3 Å². The van der Waals surface area contributed by atoms with Gasteiger partial charge in [0.1, 0.15) is 5.78 Å². The largest absolute Gasteiger partial charge is 0.432 e. The quantitative estimate of drug-likeness (QED) is 0.282. The van der Waals surface area contributed by atoms with Gasteiger partial charge in [0.05, 0.1) is 6.26 Å². The van der Waals surface area contributed by atoms with E-state index in [1.54, 1.807) is 19.9 Å². The Morgan fingerprint density at radius 2 is 1.78 bits per heavy atom. The first kappa shape index (κ1) is 19.0. The molecule has 0 aliphatic rings. The molecule has 0 aromatic rings. The highest BCUT2D eigenvalue weighted by Crippen LogP contribution is 2.04.